The SMILES string of the molecule is CCOC(=O)CCc1c(C(c2ccc(C(F)(F)F)cc2)c2c(O)c3ccccc3oc2=O)[nH]c2ccccc12. The van der Waals surface area contributed by atoms with Gasteiger partial charge in [0.2, 0.25) is 0 Å². The zero-order chi connectivity index (χ0) is 27.7. The molecule has 5 aromatic rings. The molecule has 0 amide bonds. The molecule has 5 rings (SSSR count). The Kier molecular flexibility index (Phi) is 6.91. The summed E-state index contributed by atoms with van der Waals surface area (Å²) in [6, 6.07) is 18.2. The molecule has 2 N–H and O–H groups in total. The van der Waals surface area contributed by atoms with Gasteiger partial charge in [0.25, 0.3) is 0 Å². The van der Waals surface area contributed by atoms with Crippen LogP contribution >= 0.6 is 0 Å². The highest BCUT2D eigenvalue weighted by Crippen LogP contribution is 2.42. The molecule has 9 heteroatoms. The first-order chi connectivity index (χ1) is 18.7. The number of para-hydroxylation sites is 2. The van der Waals surface area contributed by atoms with Gasteiger partial charge in [-0.1, -0.05) is 42.5 Å². The fraction of sp³-hybridized carbons (Fsp3) is 0.200. The lowest BCUT2D eigenvalue weighted by Gasteiger charge is -2.20. The Labute approximate surface area is 220 Å². The summed E-state index contributed by atoms with van der Waals surface area (Å²) in [4.78, 5) is 28.9. The molecule has 3 aromatic carbocycles. The Morgan fingerprint density at radius 2 is 1.67 bits per heavy atom. The van der Waals surface area contributed by atoms with Crippen molar-refractivity contribution in [2.24, 2.45) is 0 Å². The van der Waals surface area contributed by atoms with Crippen molar-refractivity contribution in [3.8, 4) is 5.75 Å². The van der Waals surface area contributed by atoms with E-state index in [9.17, 15) is 27.9 Å². The molecule has 2 heterocycles. The third kappa shape index (κ3) is 4.99. The summed E-state index contributed by atoms with van der Waals surface area (Å²) in [6.07, 6.45) is -4.28. The second-order valence-electron chi connectivity index (χ2n) is 9.07. The van der Waals surface area contributed by atoms with Gasteiger partial charge in [0.15, 0.2) is 0 Å². The Morgan fingerprint density at radius 3 is 2.36 bits per heavy atom. The quantitative estimate of drug-likeness (QED) is 0.179. The van der Waals surface area contributed by atoms with E-state index in [-0.39, 0.29) is 41.7 Å². The highest BCUT2D eigenvalue weighted by atomic mass is 19.4. The molecular formula is C30H24F3NO5. The monoisotopic (exact) mass is 535 g/mol. The average molecular weight is 536 g/mol. The van der Waals surface area contributed by atoms with Gasteiger partial charge in [0.05, 0.1) is 29.0 Å². The van der Waals surface area contributed by atoms with Gasteiger partial charge in [-0.3, -0.25) is 4.79 Å². The summed E-state index contributed by atoms with van der Waals surface area (Å²) < 4.78 is 50.7. The molecule has 0 bridgehead atoms. The fourth-order valence-corrected chi connectivity index (χ4v) is 4.94. The number of carbonyl (C=O) groups is 1. The molecular weight excluding hydrogens is 511 g/mol. The van der Waals surface area contributed by atoms with Gasteiger partial charge in [0, 0.05) is 23.0 Å². The van der Waals surface area contributed by atoms with Gasteiger partial charge in [-0.25, -0.2) is 4.79 Å². The van der Waals surface area contributed by atoms with E-state index < -0.39 is 29.3 Å². The van der Waals surface area contributed by atoms with Crippen LogP contribution < -0.4 is 5.63 Å². The fourth-order valence-electron chi connectivity index (χ4n) is 4.94. The van der Waals surface area contributed by atoms with Crippen molar-refractivity contribution in [2.45, 2.75) is 31.9 Å². The molecule has 0 saturated carbocycles. The first kappa shape index (κ1) is 26.1. The molecule has 0 spiro atoms. The smallest absolute Gasteiger partial charge is 0.416 e. The maximum Gasteiger partial charge on any atom is 0.416 e. The van der Waals surface area contributed by atoms with Gasteiger partial charge in [-0.15, -0.1) is 0 Å². The average Bonchev–Trinajstić information content (AvgIpc) is 3.27. The van der Waals surface area contributed by atoms with Crippen LogP contribution in [0.5, 0.6) is 5.75 Å². The number of esters is 1. The maximum atomic E-state index is 13.4. The Hall–Kier alpha value is -4.53. The molecule has 0 aliphatic rings. The third-order valence-electron chi connectivity index (χ3n) is 6.70. The van der Waals surface area contributed by atoms with Gasteiger partial charge < -0.3 is 19.2 Å². The zero-order valence-corrected chi connectivity index (χ0v) is 20.8. The number of aryl methyl sites for hydroxylation is 1. The van der Waals surface area contributed by atoms with Crippen LogP contribution in [0.15, 0.2) is 82.0 Å². The van der Waals surface area contributed by atoms with Crippen LogP contribution in [0.3, 0.4) is 0 Å². The van der Waals surface area contributed by atoms with Crippen molar-refractivity contribution >= 4 is 27.8 Å². The van der Waals surface area contributed by atoms with E-state index in [0.717, 1.165) is 17.5 Å². The van der Waals surface area contributed by atoms with E-state index in [1.807, 2.05) is 24.3 Å². The largest absolute Gasteiger partial charge is 0.507 e. The first-order valence-corrected chi connectivity index (χ1v) is 12.4. The summed E-state index contributed by atoms with van der Waals surface area (Å²) in [6.45, 7) is 1.93. The second kappa shape index (κ2) is 10.3. The number of aromatic amines is 1. The Bertz CT molecular complexity index is 1720. The lowest BCUT2D eigenvalue weighted by atomic mass is 9.85. The minimum atomic E-state index is -4.55. The predicted octanol–water partition coefficient (Wildman–Crippen LogP) is 6.67. The highest BCUT2D eigenvalue weighted by Gasteiger charge is 2.33. The number of aromatic nitrogens is 1. The van der Waals surface area contributed by atoms with Crippen molar-refractivity contribution in [3.63, 3.8) is 0 Å². The van der Waals surface area contributed by atoms with Crippen molar-refractivity contribution in [2.75, 3.05) is 6.61 Å². The van der Waals surface area contributed by atoms with E-state index in [1.165, 1.54) is 12.1 Å². The normalized spacial score (nSPS) is 12.6. The molecule has 0 radical (unpaired) electrons. The number of rotatable bonds is 7. The zero-order valence-electron chi connectivity index (χ0n) is 20.8. The number of carbonyl (C=O) groups excluding carboxylic acids is 1. The Balaban J connectivity index is 1.77. The summed E-state index contributed by atoms with van der Waals surface area (Å²) in [5, 5.41) is 12.4. The van der Waals surface area contributed by atoms with Crippen LogP contribution in [-0.4, -0.2) is 22.7 Å². The van der Waals surface area contributed by atoms with Crippen molar-refractivity contribution in [1.82, 2.24) is 4.98 Å². The molecule has 200 valence electrons. The van der Waals surface area contributed by atoms with Crippen LogP contribution in [0.4, 0.5) is 13.2 Å². The molecule has 1 unspecified atom stereocenters. The van der Waals surface area contributed by atoms with Crippen molar-refractivity contribution in [1.29, 1.82) is 0 Å². The van der Waals surface area contributed by atoms with E-state index >= 15 is 0 Å². The number of benzene rings is 3. The topological polar surface area (TPSA) is 92.5 Å². The number of hydrogen-bond acceptors (Lipinski definition) is 5. The predicted molar refractivity (Wildman–Crippen MR) is 140 cm³/mol. The number of aromatic hydroxyl groups is 1. The number of ether oxygens (including phenoxy) is 1. The molecule has 0 aliphatic heterocycles. The third-order valence-corrected chi connectivity index (χ3v) is 6.70. The number of halogens is 3. The lowest BCUT2D eigenvalue weighted by Crippen LogP contribution is -2.17. The van der Waals surface area contributed by atoms with Crippen molar-refractivity contribution < 1.29 is 32.2 Å². The van der Waals surface area contributed by atoms with Gasteiger partial charge in [0.1, 0.15) is 11.3 Å². The number of H-pyrrole nitrogens is 1. The number of hydrogen-bond donors (Lipinski definition) is 2. The molecule has 0 saturated heterocycles. The second-order valence-corrected chi connectivity index (χ2v) is 9.07. The van der Waals surface area contributed by atoms with Gasteiger partial charge in [-0.05, 0) is 54.8 Å². The van der Waals surface area contributed by atoms with Crippen LogP contribution in [-0.2, 0) is 22.1 Å². The molecule has 0 aliphatic carbocycles. The van der Waals surface area contributed by atoms with Gasteiger partial charge in [-0.2, -0.15) is 13.2 Å². The molecule has 2 aromatic heterocycles. The van der Waals surface area contributed by atoms with Crippen LogP contribution in [0, 0.1) is 0 Å². The van der Waals surface area contributed by atoms with E-state index in [1.54, 1.807) is 31.2 Å². The maximum absolute atomic E-state index is 13.4. The minimum absolute atomic E-state index is 0.0424. The highest BCUT2D eigenvalue weighted by molar-refractivity contribution is 5.87. The summed E-state index contributed by atoms with van der Waals surface area (Å²) >= 11 is 0. The van der Waals surface area contributed by atoms with Crippen LogP contribution in [0.1, 0.15) is 47.2 Å². The standard InChI is InChI=1S/C30H24F3NO5/c1-2-38-24(35)16-15-20-19-7-3-5-9-22(19)34-27(20)25(17-11-13-18(14-12-17)30(31,32)33)26-28(36)21-8-4-6-10-23(21)39-29(26)37/h3-14,25,34,36H,2,15-16H2,1H3. The number of fused-ring (bicyclic) bond motifs is 2. The lowest BCUT2D eigenvalue weighted by molar-refractivity contribution is -0.143. The first-order valence-electron chi connectivity index (χ1n) is 12.4. The minimum Gasteiger partial charge on any atom is -0.507 e. The number of nitrogens with one attached hydrogen (secondary N) is 1. The Morgan fingerprint density at radius 1 is 1.00 bits per heavy atom. The van der Waals surface area contributed by atoms with Crippen molar-refractivity contribution in [3.05, 3.63) is 111 Å². The molecule has 0 fully saturated rings. The van der Waals surface area contributed by atoms with Crippen LogP contribution in [0.25, 0.3) is 21.9 Å². The summed E-state index contributed by atoms with van der Waals surface area (Å²) in [7, 11) is 0. The summed E-state index contributed by atoms with van der Waals surface area (Å²) in [5.74, 6) is -1.77. The van der Waals surface area contributed by atoms with E-state index in [2.05, 4.69) is 4.98 Å². The molecule has 39 heavy (non-hydrogen) atoms. The van der Waals surface area contributed by atoms with Gasteiger partial charge >= 0.3 is 17.8 Å². The van der Waals surface area contributed by atoms with E-state index in [4.69, 9.17) is 9.15 Å². The number of alkyl halides is 3. The van der Waals surface area contributed by atoms with Crippen LogP contribution in [0.2, 0.25) is 0 Å². The molecule has 6 nitrogen and oxygen atoms in total. The summed E-state index contributed by atoms with van der Waals surface area (Å²) in [5.41, 5.74) is 0.531. The van der Waals surface area contributed by atoms with E-state index in [0.29, 0.717) is 22.3 Å². The molecule has 1 atom stereocenters.